The van der Waals surface area contributed by atoms with Crippen LogP contribution in [-0.2, 0) is 13.0 Å². The second-order valence-electron chi connectivity index (χ2n) is 4.94. The smallest absolute Gasteiger partial charge is 0.169 e. The molecule has 1 atom stereocenters. The average Bonchev–Trinajstić information content (AvgIpc) is 2.86. The van der Waals surface area contributed by atoms with E-state index in [0.717, 1.165) is 31.0 Å². The summed E-state index contributed by atoms with van der Waals surface area (Å²) >= 11 is 1.73. The van der Waals surface area contributed by atoms with Crippen LogP contribution in [0.15, 0.2) is 9.93 Å². The molecule has 4 nitrogen and oxygen atoms in total. The standard InChI is InChI=1S/C12H17N3OS/c1-8-4-11-10(6-14(8)2)12(16-13-11)9-5-15(3)17-7-9/h7-8H,4-6H2,1-3H3. The highest BCUT2D eigenvalue weighted by atomic mass is 32.2. The Balaban J connectivity index is 1.93. The Labute approximate surface area is 106 Å². The minimum absolute atomic E-state index is 0.551. The highest BCUT2D eigenvalue weighted by Gasteiger charge is 2.29. The Bertz CT molecular complexity index is 468. The predicted octanol–water partition coefficient (Wildman–Crippen LogP) is 1.99. The maximum atomic E-state index is 5.56. The Morgan fingerprint density at radius 1 is 1.41 bits per heavy atom. The molecule has 0 saturated carbocycles. The lowest BCUT2D eigenvalue weighted by Crippen LogP contribution is -2.35. The molecule has 0 fully saturated rings. The maximum Gasteiger partial charge on any atom is 0.169 e. The van der Waals surface area contributed by atoms with Gasteiger partial charge in [0.1, 0.15) is 0 Å². The zero-order valence-electron chi connectivity index (χ0n) is 10.4. The van der Waals surface area contributed by atoms with Gasteiger partial charge in [0.2, 0.25) is 0 Å². The normalized spacial score (nSPS) is 26.1. The van der Waals surface area contributed by atoms with Gasteiger partial charge in [-0.3, -0.25) is 4.90 Å². The van der Waals surface area contributed by atoms with Crippen molar-refractivity contribution in [3.8, 4) is 0 Å². The topological polar surface area (TPSA) is 32.5 Å². The molecule has 17 heavy (non-hydrogen) atoms. The van der Waals surface area contributed by atoms with E-state index < -0.39 is 0 Å². The molecular weight excluding hydrogens is 234 g/mol. The Kier molecular flexibility index (Phi) is 2.77. The number of fused-ring (bicyclic) bond motifs is 1. The highest BCUT2D eigenvalue weighted by molar-refractivity contribution is 8.00. The fraction of sp³-hybridized carbons (Fsp3) is 0.583. The van der Waals surface area contributed by atoms with Crippen molar-refractivity contribution in [3.63, 3.8) is 0 Å². The van der Waals surface area contributed by atoms with E-state index in [9.17, 15) is 0 Å². The second-order valence-corrected chi connectivity index (χ2v) is 6.01. The molecule has 2 aliphatic heterocycles. The summed E-state index contributed by atoms with van der Waals surface area (Å²) in [5.74, 6) is 0.996. The van der Waals surface area contributed by atoms with Crippen LogP contribution in [0.1, 0.15) is 23.9 Å². The third-order valence-corrected chi connectivity index (χ3v) is 4.46. The third kappa shape index (κ3) is 1.92. The van der Waals surface area contributed by atoms with Crippen molar-refractivity contribution < 1.29 is 4.52 Å². The van der Waals surface area contributed by atoms with Crippen LogP contribution in [-0.4, -0.2) is 41.0 Å². The maximum absolute atomic E-state index is 5.56. The van der Waals surface area contributed by atoms with Gasteiger partial charge in [0.05, 0.1) is 5.69 Å². The van der Waals surface area contributed by atoms with E-state index >= 15 is 0 Å². The van der Waals surface area contributed by atoms with Crippen LogP contribution < -0.4 is 0 Å². The number of rotatable bonds is 1. The number of hydrogen-bond acceptors (Lipinski definition) is 5. The fourth-order valence-electron chi connectivity index (χ4n) is 2.35. The molecule has 0 N–H and O–H groups in total. The van der Waals surface area contributed by atoms with E-state index in [4.69, 9.17) is 4.52 Å². The molecule has 3 rings (SSSR count). The van der Waals surface area contributed by atoms with Crippen molar-refractivity contribution in [2.45, 2.75) is 25.9 Å². The highest BCUT2D eigenvalue weighted by Crippen LogP contribution is 2.34. The van der Waals surface area contributed by atoms with Gasteiger partial charge in [0.15, 0.2) is 5.76 Å². The van der Waals surface area contributed by atoms with Crippen molar-refractivity contribution in [2.24, 2.45) is 0 Å². The summed E-state index contributed by atoms with van der Waals surface area (Å²) in [5.41, 5.74) is 3.69. The monoisotopic (exact) mass is 251 g/mol. The minimum atomic E-state index is 0.551. The molecule has 0 bridgehead atoms. The van der Waals surface area contributed by atoms with E-state index in [1.165, 1.54) is 11.1 Å². The van der Waals surface area contributed by atoms with Gasteiger partial charge >= 0.3 is 0 Å². The zero-order valence-corrected chi connectivity index (χ0v) is 11.3. The van der Waals surface area contributed by atoms with Gasteiger partial charge in [-0.15, -0.1) is 0 Å². The zero-order chi connectivity index (χ0) is 12.0. The first-order valence-electron chi connectivity index (χ1n) is 5.90. The second kappa shape index (κ2) is 4.15. The molecule has 5 heteroatoms. The van der Waals surface area contributed by atoms with Crippen LogP contribution in [0, 0.1) is 0 Å². The summed E-state index contributed by atoms with van der Waals surface area (Å²) in [4.78, 5) is 2.36. The fourth-order valence-corrected chi connectivity index (χ4v) is 3.05. The Morgan fingerprint density at radius 2 is 2.24 bits per heavy atom. The molecular formula is C12H17N3OS. The summed E-state index contributed by atoms with van der Waals surface area (Å²) < 4.78 is 7.76. The van der Waals surface area contributed by atoms with Crippen LogP contribution in [0.5, 0.6) is 0 Å². The molecule has 3 heterocycles. The SMILES string of the molecule is CC1Cc2noc(C3=CSN(C)C3)c2CN1C. The van der Waals surface area contributed by atoms with Gasteiger partial charge in [-0.25, -0.2) is 4.31 Å². The van der Waals surface area contributed by atoms with Gasteiger partial charge in [-0.1, -0.05) is 5.16 Å². The van der Waals surface area contributed by atoms with Crippen molar-refractivity contribution in [1.29, 1.82) is 0 Å². The van der Waals surface area contributed by atoms with Crippen molar-refractivity contribution >= 4 is 17.5 Å². The van der Waals surface area contributed by atoms with Crippen molar-refractivity contribution in [3.05, 3.63) is 22.4 Å². The van der Waals surface area contributed by atoms with Crippen LogP contribution in [0.3, 0.4) is 0 Å². The van der Waals surface area contributed by atoms with E-state index in [1.807, 2.05) is 0 Å². The van der Waals surface area contributed by atoms with Gasteiger partial charge in [-0.2, -0.15) is 0 Å². The number of likely N-dealkylation sites (N-methyl/N-ethyl adjacent to an activating group) is 2. The Hall–Kier alpha value is -0.780. The molecule has 0 aliphatic carbocycles. The van der Waals surface area contributed by atoms with Crippen LogP contribution >= 0.6 is 11.9 Å². The Morgan fingerprint density at radius 3 is 2.94 bits per heavy atom. The number of nitrogens with zero attached hydrogens (tertiary/aromatic N) is 3. The molecule has 1 aromatic heterocycles. The average molecular weight is 251 g/mol. The first-order valence-corrected chi connectivity index (χ1v) is 6.74. The summed E-state index contributed by atoms with van der Waals surface area (Å²) in [7, 11) is 4.25. The molecule has 1 unspecified atom stereocenters. The van der Waals surface area contributed by atoms with E-state index in [1.54, 1.807) is 11.9 Å². The van der Waals surface area contributed by atoms with Gasteiger partial charge in [-0.05, 0) is 38.4 Å². The lowest BCUT2D eigenvalue weighted by atomic mass is 9.98. The number of aromatic nitrogens is 1. The summed E-state index contributed by atoms with van der Waals surface area (Å²) in [5, 5.41) is 6.41. The summed E-state index contributed by atoms with van der Waals surface area (Å²) in [6.07, 6.45) is 0.992. The van der Waals surface area contributed by atoms with Crippen LogP contribution in [0.25, 0.3) is 5.57 Å². The minimum Gasteiger partial charge on any atom is -0.356 e. The quantitative estimate of drug-likeness (QED) is 0.713. The lowest BCUT2D eigenvalue weighted by molar-refractivity contribution is 0.229. The van der Waals surface area contributed by atoms with Crippen molar-refractivity contribution in [1.82, 2.24) is 14.4 Å². The lowest BCUT2D eigenvalue weighted by Gasteiger charge is -2.28. The van der Waals surface area contributed by atoms with E-state index in [0.29, 0.717) is 6.04 Å². The van der Waals surface area contributed by atoms with Crippen LogP contribution in [0.2, 0.25) is 0 Å². The summed E-state index contributed by atoms with van der Waals surface area (Å²) in [6, 6.07) is 0.551. The third-order valence-electron chi connectivity index (χ3n) is 3.58. The van der Waals surface area contributed by atoms with E-state index in [-0.39, 0.29) is 0 Å². The number of hydrogen-bond donors (Lipinski definition) is 0. The molecule has 0 amide bonds. The molecule has 92 valence electrons. The van der Waals surface area contributed by atoms with Crippen LogP contribution in [0.4, 0.5) is 0 Å². The predicted molar refractivity (Wildman–Crippen MR) is 69.3 cm³/mol. The largest absolute Gasteiger partial charge is 0.356 e. The molecule has 0 radical (unpaired) electrons. The molecule has 1 aromatic rings. The molecule has 0 saturated heterocycles. The molecule has 0 aromatic carbocycles. The van der Waals surface area contributed by atoms with E-state index in [2.05, 4.69) is 40.8 Å². The van der Waals surface area contributed by atoms with Gasteiger partial charge in [0, 0.05) is 36.7 Å². The first kappa shape index (κ1) is 11.3. The molecule has 0 spiro atoms. The summed E-state index contributed by atoms with van der Waals surface area (Å²) in [6.45, 7) is 4.11. The molecule has 2 aliphatic rings. The first-order chi connectivity index (χ1) is 8.15. The van der Waals surface area contributed by atoms with Gasteiger partial charge in [0.25, 0.3) is 0 Å². The van der Waals surface area contributed by atoms with Gasteiger partial charge < -0.3 is 4.52 Å². The van der Waals surface area contributed by atoms with Crippen molar-refractivity contribution in [2.75, 3.05) is 20.6 Å².